The quantitative estimate of drug-likeness (QED) is 0.667. The molecule has 0 saturated heterocycles. The summed E-state index contributed by atoms with van der Waals surface area (Å²) in [5, 5.41) is 5.32. The van der Waals surface area contributed by atoms with Crippen molar-refractivity contribution in [3.05, 3.63) is 64.5 Å². The highest BCUT2D eigenvalue weighted by Crippen LogP contribution is 2.25. The van der Waals surface area contributed by atoms with Crippen molar-refractivity contribution in [1.29, 1.82) is 0 Å². The highest BCUT2D eigenvalue weighted by Gasteiger charge is 2.10. The third kappa shape index (κ3) is 4.49. The topological polar surface area (TPSA) is 51.2 Å². The number of aromatic nitrogens is 1. The molecule has 3 rings (SSSR count). The maximum absolute atomic E-state index is 12.1. The van der Waals surface area contributed by atoms with E-state index in [1.54, 1.807) is 0 Å². The Morgan fingerprint density at radius 1 is 1.15 bits per heavy atom. The summed E-state index contributed by atoms with van der Waals surface area (Å²) in [4.78, 5) is 16.6. The monoisotopic (exact) mass is 366 g/mol. The maximum Gasteiger partial charge on any atom is 0.264 e. The van der Waals surface area contributed by atoms with Gasteiger partial charge in [-0.25, -0.2) is 4.98 Å². The van der Waals surface area contributed by atoms with E-state index < -0.39 is 0 Å². The van der Waals surface area contributed by atoms with Crippen LogP contribution >= 0.6 is 11.3 Å². The molecule has 1 N–H and O–H groups in total. The molecule has 0 atom stereocenters. The summed E-state index contributed by atoms with van der Waals surface area (Å²) in [6.07, 6.45) is 1.01. The molecule has 26 heavy (non-hydrogen) atoms. The fraction of sp³-hybridized carbons (Fsp3) is 0.238. The van der Waals surface area contributed by atoms with Crippen LogP contribution in [-0.4, -0.2) is 17.5 Å². The van der Waals surface area contributed by atoms with Crippen LogP contribution in [0.15, 0.2) is 47.8 Å². The first-order valence-electron chi connectivity index (χ1n) is 8.60. The minimum absolute atomic E-state index is 0.0377. The highest BCUT2D eigenvalue weighted by atomic mass is 32.1. The van der Waals surface area contributed by atoms with Gasteiger partial charge >= 0.3 is 0 Å². The molecule has 4 nitrogen and oxygen atoms in total. The maximum atomic E-state index is 12.1. The molecule has 0 saturated carbocycles. The largest absolute Gasteiger partial charge is 0.483 e. The van der Waals surface area contributed by atoms with Gasteiger partial charge in [-0.3, -0.25) is 10.1 Å². The molecule has 134 valence electrons. The van der Waals surface area contributed by atoms with E-state index in [0.29, 0.717) is 5.13 Å². The van der Waals surface area contributed by atoms with E-state index >= 15 is 0 Å². The van der Waals surface area contributed by atoms with Crippen LogP contribution in [0.25, 0.3) is 11.3 Å². The SMILES string of the molecule is CCc1ccc(-c2csc(NC(=O)COc3ccc(C)cc3C)n2)cc1. The molecule has 5 heteroatoms. The predicted octanol–water partition coefficient (Wildman–Crippen LogP) is 5.01. The highest BCUT2D eigenvalue weighted by molar-refractivity contribution is 7.14. The first-order valence-corrected chi connectivity index (χ1v) is 9.48. The molecule has 2 aromatic carbocycles. The number of amides is 1. The third-order valence-corrected chi connectivity index (χ3v) is 4.86. The Morgan fingerprint density at radius 2 is 1.92 bits per heavy atom. The summed E-state index contributed by atoms with van der Waals surface area (Å²) in [6.45, 7) is 6.09. The number of thiazole rings is 1. The molecule has 0 fully saturated rings. The number of nitrogens with zero attached hydrogens (tertiary/aromatic N) is 1. The first-order chi connectivity index (χ1) is 12.5. The smallest absolute Gasteiger partial charge is 0.264 e. The lowest BCUT2D eigenvalue weighted by atomic mass is 10.1. The standard InChI is InChI=1S/C21H22N2O2S/c1-4-16-6-8-17(9-7-16)18-13-26-21(22-18)23-20(24)12-25-19-10-5-14(2)11-15(19)3/h5-11,13H,4,12H2,1-3H3,(H,22,23,24). The van der Waals surface area contributed by atoms with Crippen molar-refractivity contribution < 1.29 is 9.53 Å². The van der Waals surface area contributed by atoms with Crippen molar-refractivity contribution in [2.45, 2.75) is 27.2 Å². The Kier molecular flexibility index (Phi) is 5.68. The minimum atomic E-state index is -0.216. The lowest BCUT2D eigenvalue weighted by Crippen LogP contribution is -2.20. The lowest BCUT2D eigenvalue weighted by molar-refractivity contribution is -0.118. The molecular weight excluding hydrogens is 344 g/mol. The number of carbonyl (C=O) groups excluding carboxylic acids is 1. The number of carbonyl (C=O) groups is 1. The zero-order valence-electron chi connectivity index (χ0n) is 15.2. The molecule has 0 spiro atoms. The summed E-state index contributed by atoms with van der Waals surface area (Å²) in [7, 11) is 0. The van der Waals surface area contributed by atoms with Gasteiger partial charge in [-0.2, -0.15) is 0 Å². The Morgan fingerprint density at radius 3 is 2.62 bits per heavy atom. The summed E-state index contributed by atoms with van der Waals surface area (Å²) in [5.41, 5.74) is 5.39. The molecule has 0 bridgehead atoms. The van der Waals surface area contributed by atoms with Crippen molar-refractivity contribution in [2.75, 3.05) is 11.9 Å². The van der Waals surface area contributed by atoms with Crippen LogP contribution in [0.5, 0.6) is 5.75 Å². The Balaban J connectivity index is 1.58. The van der Waals surface area contributed by atoms with Crippen molar-refractivity contribution in [1.82, 2.24) is 4.98 Å². The Hall–Kier alpha value is -2.66. The molecule has 0 radical (unpaired) electrons. The van der Waals surface area contributed by atoms with Crippen molar-refractivity contribution >= 4 is 22.4 Å². The van der Waals surface area contributed by atoms with Gasteiger partial charge in [0.1, 0.15) is 5.75 Å². The summed E-state index contributed by atoms with van der Waals surface area (Å²) in [5.74, 6) is 0.508. The first kappa shape index (κ1) is 18.1. The average molecular weight is 366 g/mol. The fourth-order valence-electron chi connectivity index (χ4n) is 2.63. The van der Waals surface area contributed by atoms with Gasteiger partial charge < -0.3 is 4.74 Å². The Labute approximate surface area is 157 Å². The average Bonchev–Trinajstić information content (AvgIpc) is 3.09. The van der Waals surface area contributed by atoms with Crippen LogP contribution in [0, 0.1) is 13.8 Å². The molecule has 0 unspecified atom stereocenters. The van der Waals surface area contributed by atoms with Crippen LogP contribution in [0.2, 0.25) is 0 Å². The molecule has 3 aromatic rings. The number of anilines is 1. The second-order valence-corrected chi connectivity index (χ2v) is 7.05. The van der Waals surface area contributed by atoms with E-state index in [1.165, 1.54) is 22.5 Å². The van der Waals surface area contributed by atoms with Crippen molar-refractivity contribution in [3.63, 3.8) is 0 Å². The minimum Gasteiger partial charge on any atom is -0.483 e. The zero-order valence-corrected chi connectivity index (χ0v) is 16.0. The van der Waals surface area contributed by atoms with E-state index in [2.05, 4.69) is 41.5 Å². The van der Waals surface area contributed by atoms with Crippen molar-refractivity contribution in [2.24, 2.45) is 0 Å². The molecule has 1 heterocycles. The number of ether oxygens (including phenoxy) is 1. The second-order valence-electron chi connectivity index (χ2n) is 6.19. The molecule has 1 aromatic heterocycles. The van der Waals surface area contributed by atoms with Crippen LogP contribution in [0.4, 0.5) is 5.13 Å². The van der Waals surface area contributed by atoms with Crippen LogP contribution in [0.1, 0.15) is 23.6 Å². The Bertz CT molecular complexity index is 901. The van der Waals surface area contributed by atoms with Crippen LogP contribution in [-0.2, 0) is 11.2 Å². The van der Waals surface area contributed by atoms with E-state index in [9.17, 15) is 4.79 Å². The van der Waals surface area contributed by atoms with Gasteiger partial charge in [-0.05, 0) is 37.5 Å². The summed E-state index contributed by atoms with van der Waals surface area (Å²) < 4.78 is 5.61. The molecule has 0 aliphatic rings. The normalized spacial score (nSPS) is 10.6. The predicted molar refractivity (Wildman–Crippen MR) is 107 cm³/mol. The molecule has 0 aliphatic carbocycles. The number of aryl methyl sites for hydroxylation is 3. The van der Waals surface area contributed by atoms with Gasteiger partial charge in [0.15, 0.2) is 11.7 Å². The second kappa shape index (κ2) is 8.15. The van der Waals surface area contributed by atoms with Crippen molar-refractivity contribution in [3.8, 4) is 17.0 Å². The van der Waals surface area contributed by atoms with Gasteiger partial charge in [0.05, 0.1) is 5.69 Å². The van der Waals surface area contributed by atoms with E-state index in [4.69, 9.17) is 4.74 Å². The summed E-state index contributed by atoms with van der Waals surface area (Å²) in [6, 6.07) is 14.2. The van der Waals surface area contributed by atoms with Crippen LogP contribution < -0.4 is 10.1 Å². The molecule has 1 amide bonds. The van der Waals surface area contributed by atoms with Gasteiger partial charge in [-0.1, -0.05) is 48.9 Å². The van der Waals surface area contributed by atoms with E-state index in [1.807, 2.05) is 37.4 Å². The van der Waals surface area contributed by atoms with Gasteiger partial charge in [0, 0.05) is 10.9 Å². The van der Waals surface area contributed by atoms with Crippen LogP contribution in [0.3, 0.4) is 0 Å². The third-order valence-electron chi connectivity index (χ3n) is 4.10. The zero-order chi connectivity index (χ0) is 18.5. The van der Waals surface area contributed by atoms with E-state index in [-0.39, 0.29) is 12.5 Å². The molecular formula is C21H22N2O2S. The van der Waals surface area contributed by atoms with E-state index in [0.717, 1.165) is 29.0 Å². The summed E-state index contributed by atoms with van der Waals surface area (Å²) >= 11 is 1.41. The lowest BCUT2D eigenvalue weighted by Gasteiger charge is -2.09. The number of benzene rings is 2. The van der Waals surface area contributed by atoms with Gasteiger partial charge in [0.25, 0.3) is 5.91 Å². The number of hydrogen-bond donors (Lipinski definition) is 1. The van der Waals surface area contributed by atoms with Gasteiger partial charge in [0.2, 0.25) is 0 Å². The fourth-order valence-corrected chi connectivity index (χ4v) is 3.37. The molecule has 0 aliphatic heterocycles. The number of nitrogens with one attached hydrogen (secondary N) is 1. The number of hydrogen-bond acceptors (Lipinski definition) is 4. The van der Waals surface area contributed by atoms with Gasteiger partial charge in [-0.15, -0.1) is 11.3 Å². The number of rotatable bonds is 6.